The number of ether oxygens (including phenoxy) is 1. The first-order chi connectivity index (χ1) is 9.60. The number of unbranched alkanes of at least 4 members (excludes halogenated alkanes) is 1. The molecule has 0 aliphatic carbocycles. The first-order valence-corrected chi connectivity index (χ1v) is 6.62. The topological polar surface area (TPSA) is 96.9 Å². The van der Waals surface area contributed by atoms with Crippen molar-refractivity contribution in [3.05, 3.63) is 23.9 Å². The van der Waals surface area contributed by atoms with Crippen LogP contribution in [-0.4, -0.2) is 22.5 Å². The molecule has 0 unspecified atom stereocenters. The highest BCUT2D eigenvalue weighted by atomic mass is 16.5. The normalized spacial score (nSPS) is 10.5. The van der Waals surface area contributed by atoms with E-state index in [1.165, 1.54) is 0 Å². The van der Waals surface area contributed by atoms with Gasteiger partial charge in [-0.3, -0.25) is 10.7 Å². The van der Waals surface area contributed by atoms with Crippen LogP contribution in [-0.2, 0) is 0 Å². The zero-order chi connectivity index (χ0) is 14.5. The number of hydrogen-bond donors (Lipinski definition) is 3. The monoisotopic (exact) mass is 273 g/mol. The summed E-state index contributed by atoms with van der Waals surface area (Å²) in [4.78, 5) is 8.60. The van der Waals surface area contributed by atoms with Crippen molar-refractivity contribution < 1.29 is 4.74 Å². The van der Waals surface area contributed by atoms with Gasteiger partial charge in [0.15, 0.2) is 5.96 Å². The molecule has 1 aromatic carbocycles. The fourth-order valence-electron chi connectivity index (χ4n) is 1.86. The van der Waals surface area contributed by atoms with Crippen molar-refractivity contribution in [3.8, 4) is 5.75 Å². The lowest BCUT2D eigenvalue weighted by Gasteiger charge is -2.09. The summed E-state index contributed by atoms with van der Waals surface area (Å²) in [7, 11) is 0. The molecule has 0 aliphatic rings. The Morgan fingerprint density at radius 1 is 1.40 bits per heavy atom. The summed E-state index contributed by atoms with van der Waals surface area (Å²) in [6.45, 7) is 4.74. The highest BCUT2D eigenvalue weighted by molar-refractivity contribution is 5.90. The molecule has 0 fully saturated rings. The molecule has 0 aliphatic heterocycles. The lowest BCUT2D eigenvalue weighted by molar-refractivity contribution is 0.310. The van der Waals surface area contributed by atoms with Crippen LogP contribution in [0.3, 0.4) is 0 Å². The molecule has 20 heavy (non-hydrogen) atoms. The van der Waals surface area contributed by atoms with Crippen LogP contribution < -0.4 is 15.8 Å². The number of aromatic nitrogens is 2. The second kappa shape index (κ2) is 6.18. The van der Waals surface area contributed by atoms with Gasteiger partial charge < -0.3 is 10.5 Å². The fourth-order valence-corrected chi connectivity index (χ4v) is 1.86. The minimum atomic E-state index is -0.178. The molecule has 0 radical (unpaired) electrons. The highest BCUT2D eigenvalue weighted by Crippen LogP contribution is 2.23. The Kier molecular flexibility index (Phi) is 4.34. The molecule has 6 nitrogen and oxygen atoms in total. The number of aryl methyl sites for hydroxylation is 1. The molecule has 4 N–H and O–H groups in total. The second-order valence-electron chi connectivity index (χ2n) is 4.55. The average molecular weight is 273 g/mol. The second-order valence-corrected chi connectivity index (χ2v) is 4.55. The minimum absolute atomic E-state index is 0.178. The molecule has 0 saturated heterocycles. The molecule has 0 bridgehead atoms. The van der Waals surface area contributed by atoms with E-state index in [-0.39, 0.29) is 5.96 Å². The summed E-state index contributed by atoms with van der Waals surface area (Å²) in [6, 6.07) is 5.72. The van der Waals surface area contributed by atoms with E-state index in [1.54, 1.807) is 0 Å². The van der Waals surface area contributed by atoms with Gasteiger partial charge in [-0.05, 0) is 31.5 Å². The van der Waals surface area contributed by atoms with E-state index < -0.39 is 0 Å². The van der Waals surface area contributed by atoms with Gasteiger partial charge >= 0.3 is 0 Å². The summed E-state index contributed by atoms with van der Waals surface area (Å²) >= 11 is 0. The third-order valence-electron chi connectivity index (χ3n) is 2.87. The van der Waals surface area contributed by atoms with Gasteiger partial charge in [-0.1, -0.05) is 13.3 Å². The maximum atomic E-state index is 7.21. The van der Waals surface area contributed by atoms with E-state index in [4.69, 9.17) is 15.9 Å². The number of fused-ring (bicyclic) bond motifs is 1. The van der Waals surface area contributed by atoms with Crippen molar-refractivity contribution in [2.75, 3.05) is 11.9 Å². The minimum Gasteiger partial charge on any atom is -0.494 e. The first kappa shape index (κ1) is 14.0. The molecule has 0 spiro atoms. The number of rotatable bonds is 5. The van der Waals surface area contributed by atoms with E-state index in [1.807, 2.05) is 25.1 Å². The van der Waals surface area contributed by atoms with Crippen molar-refractivity contribution >= 4 is 22.8 Å². The molecule has 106 valence electrons. The summed E-state index contributed by atoms with van der Waals surface area (Å²) < 4.78 is 5.68. The van der Waals surface area contributed by atoms with Crippen LogP contribution in [0.4, 0.5) is 5.95 Å². The molecule has 6 heteroatoms. The maximum absolute atomic E-state index is 7.21. The lowest BCUT2D eigenvalue weighted by Crippen LogP contribution is -2.22. The maximum Gasteiger partial charge on any atom is 0.230 e. The van der Waals surface area contributed by atoms with Crippen molar-refractivity contribution in [1.82, 2.24) is 9.97 Å². The van der Waals surface area contributed by atoms with Crippen molar-refractivity contribution in [2.24, 2.45) is 5.73 Å². The largest absolute Gasteiger partial charge is 0.494 e. The van der Waals surface area contributed by atoms with Crippen LogP contribution in [0.5, 0.6) is 5.75 Å². The van der Waals surface area contributed by atoms with E-state index in [9.17, 15) is 0 Å². The number of nitrogens with one attached hydrogen (secondary N) is 2. The van der Waals surface area contributed by atoms with Crippen molar-refractivity contribution in [3.63, 3.8) is 0 Å². The first-order valence-electron chi connectivity index (χ1n) is 6.62. The number of benzene rings is 1. The predicted molar refractivity (Wildman–Crippen MR) is 80.2 cm³/mol. The van der Waals surface area contributed by atoms with Gasteiger partial charge in [-0.15, -0.1) is 0 Å². The number of anilines is 1. The van der Waals surface area contributed by atoms with Crippen LogP contribution in [0, 0.1) is 12.3 Å². The van der Waals surface area contributed by atoms with Crippen molar-refractivity contribution in [1.29, 1.82) is 5.41 Å². The fraction of sp³-hybridized carbons (Fsp3) is 0.357. The van der Waals surface area contributed by atoms with Gasteiger partial charge in [0.25, 0.3) is 0 Å². The van der Waals surface area contributed by atoms with E-state index in [0.29, 0.717) is 12.6 Å². The molecular weight excluding hydrogens is 254 g/mol. The molecule has 2 rings (SSSR count). The molecule has 0 saturated carbocycles. The Bertz CT molecular complexity index is 626. The number of guanidine groups is 1. The summed E-state index contributed by atoms with van der Waals surface area (Å²) in [6.07, 6.45) is 2.14. The average Bonchev–Trinajstić information content (AvgIpc) is 2.39. The molecule has 2 aromatic rings. The SMILES string of the molecule is CCCCOc1ccc2nc(NC(=N)N)nc(C)c2c1. The van der Waals surface area contributed by atoms with Gasteiger partial charge in [-0.25, -0.2) is 9.97 Å². The third kappa shape index (κ3) is 3.34. The smallest absolute Gasteiger partial charge is 0.230 e. The van der Waals surface area contributed by atoms with Gasteiger partial charge in [0.1, 0.15) is 5.75 Å². The van der Waals surface area contributed by atoms with Gasteiger partial charge in [0.2, 0.25) is 5.95 Å². The molecular formula is C14H19N5O. The van der Waals surface area contributed by atoms with Crippen LogP contribution >= 0.6 is 0 Å². The summed E-state index contributed by atoms with van der Waals surface area (Å²) in [5, 5.41) is 10.7. The van der Waals surface area contributed by atoms with Gasteiger partial charge in [-0.2, -0.15) is 0 Å². The molecule has 0 atom stereocenters. The molecule has 0 amide bonds. The highest BCUT2D eigenvalue weighted by Gasteiger charge is 2.06. The van der Waals surface area contributed by atoms with Crippen molar-refractivity contribution in [2.45, 2.75) is 26.7 Å². The Morgan fingerprint density at radius 2 is 2.20 bits per heavy atom. The van der Waals surface area contributed by atoms with E-state index in [0.717, 1.165) is 35.2 Å². The van der Waals surface area contributed by atoms with Crippen LogP contribution in [0.2, 0.25) is 0 Å². The zero-order valence-corrected chi connectivity index (χ0v) is 11.7. The Labute approximate surface area is 117 Å². The Morgan fingerprint density at radius 3 is 2.90 bits per heavy atom. The van der Waals surface area contributed by atoms with Gasteiger partial charge in [0, 0.05) is 5.39 Å². The molecule has 1 heterocycles. The lowest BCUT2D eigenvalue weighted by atomic mass is 10.2. The third-order valence-corrected chi connectivity index (χ3v) is 2.87. The van der Waals surface area contributed by atoms with E-state index >= 15 is 0 Å². The quantitative estimate of drug-likeness (QED) is 0.441. The van der Waals surface area contributed by atoms with Gasteiger partial charge in [0.05, 0.1) is 17.8 Å². The standard InChI is InChI=1S/C14H19N5O/c1-3-4-7-20-10-5-6-12-11(8-10)9(2)17-14(18-12)19-13(15)16/h5-6,8H,3-4,7H2,1-2H3,(H4,15,16,17,18,19). The number of nitrogens with two attached hydrogens (primary N) is 1. The number of hydrogen-bond acceptors (Lipinski definition) is 4. The van der Waals surface area contributed by atoms with Crippen LogP contribution in [0.15, 0.2) is 18.2 Å². The Hall–Kier alpha value is -2.37. The zero-order valence-electron chi connectivity index (χ0n) is 11.7. The Balaban J connectivity index is 2.29. The molecule has 1 aromatic heterocycles. The van der Waals surface area contributed by atoms with Crippen LogP contribution in [0.1, 0.15) is 25.5 Å². The predicted octanol–water partition coefficient (Wildman–Crippen LogP) is 2.42. The summed E-state index contributed by atoms with van der Waals surface area (Å²) in [5.74, 6) is 0.982. The van der Waals surface area contributed by atoms with Crippen LogP contribution in [0.25, 0.3) is 10.9 Å². The van der Waals surface area contributed by atoms with E-state index in [2.05, 4.69) is 22.2 Å². The summed E-state index contributed by atoms with van der Waals surface area (Å²) in [5.41, 5.74) is 6.90. The number of nitrogens with zero attached hydrogens (tertiary/aromatic N) is 2.